The maximum absolute atomic E-state index is 13.1. The fourth-order valence-electron chi connectivity index (χ4n) is 2.70. The molecule has 0 aromatic heterocycles. The first-order valence-electron chi connectivity index (χ1n) is 8.67. The van der Waals surface area contributed by atoms with Crippen molar-refractivity contribution in [3.8, 4) is 5.75 Å². The van der Waals surface area contributed by atoms with E-state index in [9.17, 15) is 4.39 Å². The Balaban J connectivity index is 0.00000338. The number of nitrogens with one attached hydrogen (secondary N) is 2. The number of ether oxygens (including phenoxy) is 2. The van der Waals surface area contributed by atoms with Crippen molar-refractivity contribution in [3.05, 3.63) is 30.1 Å². The highest BCUT2D eigenvalue weighted by atomic mass is 127. The van der Waals surface area contributed by atoms with E-state index < -0.39 is 0 Å². The predicted octanol–water partition coefficient (Wildman–Crippen LogP) is 2.10. The van der Waals surface area contributed by atoms with Crippen LogP contribution in [0.1, 0.15) is 13.8 Å². The number of nitrogens with zero attached hydrogens (tertiary/aromatic N) is 2. The molecule has 0 aliphatic carbocycles. The molecule has 1 aliphatic rings. The van der Waals surface area contributed by atoms with Crippen LogP contribution in [-0.2, 0) is 4.74 Å². The third-order valence-corrected chi connectivity index (χ3v) is 4.24. The zero-order chi connectivity index (χ0) is 18.1. The molecular formula is C18H30FIN4O2. The maximum atomic E-state index is 13.1. The molecule has 0 unspecified atom stereocenters. The van der Waals surface area contributed by atoms with E-state index in [-0.39, 0.29) is 35.3 Å². The first-order valence-corrected chi connectivity index (χ1v) is 8.67. The molecule has 2 rings (SSSR count). The summed E-state index contributed by atoms with van der Waals surface area (Å²) in [6, 6.07) is 6.14. The average Bonchev–Trinajstić information content (AvgIpc) is 2.62. The number of rotatable bonds is 7. The van der Waals surface area contributed by atoms with Crippen LogP contribution in [0.2, 0.25) is 0 Å². The van der Waals surface area contributed by atoms with Gasteiger partial charge in [-0.25, -0.2) is 4.39 Å². The number of hydrogen-bond acceptors (Lipinski definition) is 4. The van der Waals surface area contributed by atoms with Gasteiger partial charge in [0.25, 0.3) is 0 Å². The smallest absolute Gasteiger partial charge is 0.191 e. The van der Waals surface area contributed by atoms with Crippen LogP contribution in [0, 0.1) is 5.82 Å². The summed E-state index contributed by atoms with van der Waals surface area (Å²) >= 11 is 0. The summed E-state index contributed by atoms with van der Waals surface area (Å²) in [5.41, 5.74) is 0.0134. The second kappa shape index (κ2) is 11.6. The van der Waals surface area contributed by atoms with Crippen molar-refractivity contribution in [2.75, 3.05) is 53.0 Å². The van der Waals surface area contributed by atoms with Gasteiger partial charge in [0.1, 0.15) is 18.2 Å². The second-order valence-electron chi connectivity index (χ2n) is 6.57. The molecule has 148 valence electrons. The van der Waals surface area contributed by atoms with E-state index >= 15 is 0 Å². The van der Waals surface area contributed by atoms with Gasteiger partial charge in [-0.1, -0.05) is 6.07 Å². The van der Waals surface area contributed by atoms with Gasteiger partial charge in [0.2, 0.25) is 0 Å². The molecule has 0 spiro atoms. The van der Waals surface area contributed by atoms with Crippen LogP contribution in [0.5, 0.6) is 5.75 Å². The second-order valence-corrected chi connectivity index (χ2v) is 6.57. The van der Waals surface area contributed by atoms with Crippen LogP contribution >= 0.6 is 24.0 Å². The molecule has 8 heteroatoms. The van der Waals surface area contributed by atoms with Gasteiger partial charge in [0.05, 0.1) is 19.8 Å². The van der Waals surface area contributed by atoms with Crippen LogP contribution in [-0.4, -0.2) is 69.4 Å². The topological polar surface area (TPSA) is 58.1 Å². The number of aliphatic imine (C=N–C) groups is 1. The van der Waals surface area contributed by atoms with E-state index in [1.165, 1.54) is 12.1 Å². The van der Waals surface area contributed by atoms with Crippen LogP contribution < -0.4 is 15.4 Å². The van der Waals surface area contributed by atoms with E-state index in [1.54, 1.807) is 19.2 Å². The molecule has 0 radical (unpaired) electrons. The minimum Gasteiger partial charge on any atom is -0.492 e. The van der Waals surface area contributed by atoms with Crippen LogP contribution in [0.4, 0.5) is 4.39 Å². The van der Waals surface area contributed by atoms with Gasteiger partial charge in [-0.05, 0) is 26.0 Å². The Morgan fingerprint density at radius 3 is 2.69 bits per heavy atom. The molecule has 1 aliphatic heterocycles. The van der Waals surface area contributed by atoms with Gasteiger partial charge in [-0.3, -0.25) is 9.89 Å². The van der Waals surface area contributed by atoms with Crippen molar-refractivity contribution >= 4 is 29.9 Å². The van der Waals surface area contributed by atoms with Crippen molar-refractivity contribution in [2.45, 2.75) is 19.4 Å². The molecule has 2 N–H and O–H groups in total. The molecule has 0 bridgehead atoms. The van der Waals surface area contributed by atoms with E-state index in [0.717, 1.165) is 38.8 Å². The lowest BCUT2D eigenvalue weighted by Crippen LogP contribution is -2.56. The van der Waals surface area contributed by atoms with Crippen molar-refractivity contribution in [2.24, 2.45) is 4.99 Å². The summed E-state index contributed by atoms with van der Waals surface area (Å²) in [5, 5.41) is 6.56. The van der Waals surface area contributed by atoms with E-state index in [0.29, 0.717) is 18.9 Å². The minimum atomic E-state index is -0.298. The quantitative estimate of drug-likeness (QED) is 0.271. The Kier molecular flexibility index (Phi) is 10.2. The summed E-state index contributed by atoms with van der Waals surface area (Å²) in [6.07, 6.45) is 0. The number of morpholine rings is 1. The number of benzene rings is 1. The van der Waals surface area contributed by atoms with Crippen molar-refractivity contribution in [1.29, 1.82) is 0 Å². The normalized spacial score (nSPS) is 15.9. The lowest BCUT2D eigenvalue weighted by atomic mass is 10.0. The van der Waals surface area contributed by atoms with Gasteiger partial charge < -0.3 is 20.1 Å². The molecule has 1 heterocycles. The monoisotopic (exact) mass is 480 g/mol. The summed E-state index contributed by atoms with van der Waals surface area (Å²) < 4.78 is 24.0. The number of guanidine groups is 1. The molecule has 1 saturated heterocycles. The van der Waals surface area contributed by atoms with Crippen molar-refractivity contribution < 1.29 is 13.9 Å². The molecule has 0 saturated carbocycles. The molecule has 1 aromatic rings. The van der Waals surface area contributed by atoms with Gasteiger partial charge in [0, 0.05) is 38.3 Å². The summed E-state index contributed by atoms with van der Waals surface area (Å²) in [5.74, 6) is 0.954. The molecule has 0 amide bonds. The van der Waals surface area contributed by atoms with Crippen molar-refractivity contribution in [3.63, 3.8) is 0 Å². The fraction of sp³-hybridized carbons (Fsp3) is 0.611. The van der Waals surface area contributed by atoms with E-state index in [1.807, 2.05) is 0 Å². The Labute approximate surface area is 172 Å². The summed E-state index contributed by atoms with van der Waals surface area (Å²) in [4.78, 5) is 6.65. The predicted molar refractivity (Wildman–Crippen MR) is 113 cm³/mol. The Hall–Kier alpha value is -1.13. The minimum absolute atomic E-state index is 0. The average molecular weight is 480 g/mol. The zero-order valence-electron chi connectivity index (χ0n) is 15.8. The number of hydrogen-bond donors (Lipinski definition) is 2. The molecule has 26 heavy (non-hydrogen) atoms. The summed E-state index contributed by atoms with van der Waals surface area (Å²) in [7, 11) is 1.74. The lowest BCUT2D eigenvalue weighted by molar-refractivity contribution is -0.00834. The Morgan fingerprint density at radius 2 is 2.04 bits per heavy atom. The van der Waals surface area contributed by atoms with Crippen molar-refractivity contribution in [1.82, 2.24) is 15.5 Å². The van der Waals surface area contributed by atoms with E-state index in [2.05, 4.69) is 34.4 Å². The first kappa shape index (κ1) is 22.9. The maximum Gasteiger partial charge on any atom is 0.191 e. The Morgan fingerprint density at radius 1 is 1.31 bits per heavy atom. The largest absolute Gasteiger partial charge is 0.492 e. The van der Waals surface area contributed by atoms with E-state index in [4.69, 9.17) is 9.47 Å². The fourth-order valence-corrected chi connectivity index (χ4v) is 2.70. The molecule has 6 nitrogen and oxygen atoms in total. The number of halogens is 2. The third kappa shape index (κ3) is 7.63. The third-order valence-electron chi connectivity index (χ3n) is 4.24. The Bertz CT molecular complexity index is 566. The first-order chi connectivity index (χ1) is 12.0. The van der Waals surface area contributed by atoms with Crippen LogP contribution in [0.15, 0.2) is 29.3 Å². The van der Waals surface area contributed by atoms with Crippen LogP contribution in [0.25, 0.3) is 0 Å². The molecule has 1 fully saturated rings. The highest BCUT2D eigenvalue weighted by Gasteiger charge is 2.28. The molecular weight excluding hydrogens is 450 g/mol. The SMILES string of the molecule is CN=C(NCCOc1cccc(F)c1)NCC(C)(C)N1CCOCC1.I. The van der Waals surface area contributed by atoms with Gasteiger partial charge in [-0.15, -0.1) is 24.0 Å². The highest BCUT2D eigenvalue weighted by molar-refractivity contribution is 14.0. The lowest BCUT2D eigenvalue weighted by Gasteiger charge is -2.41. The highest BCUT2D eigenvalue weighted by Crippen LogP contribution is 2.15. The molecule has 1 aromatic carbocycles. The summed E-state index contributed by atoms with van der Waals surface area (Å²) in [6.45, 7) is 9.67. The zero-order valence-corrected chi connectivity index (χ0v) is 18.1. The van der Waals surface area contributed by atoms with Gasteiger partial charge in [-0.2, -0.15) is 0 Å². The van der Waals surface area contributed by atoms with Crippen LogP contribution in [0.3, 0.4) is 0 Å². The van der Waals surface area contributed by atoms with Gasteiger partial charge in [0.15, 0.2) is 5.96 Å². The standard InChI is InChI=1S/C18H29FN4O2.HI/c1-18(2,23-8-11-24-12-9-23)14-22-17(20-3)21-7-10-25-16-6-4-5-15(19)13-16;/h4-6,13H,7-12,14H2,1-3H3,(H2,20,21,22);1H. The van der Waals surface area contributed by atoms with Gasteiger partial charge >= 0.3 is 0 Å². The molecule has 0 atom stereocenters.